The summed E-state index contributed by atoms with van der Waals surface area (Å²) < 4.78 is 5.10. The summed E-state index contributed by atoms with van der Waals surface area (Å²) in [6.45, 7) is 3.53. The lowest BCUT2D eigenvalue weighted by Crippen LogP contribution is -2.62. The Bertz CT molecular complexity index is 646. The number of carboxylic acid groups (broad SMARTS) is 1. The molecule has 28 heavy (non-hydrogen) atoms. The van der Waals surface area contributed by atoms with Gasteiger partial charge in [-0.1, -0.05) is 0 Å². The van der Waals surface area contributed by atoms with E-state index in [9.17, 15) is 19.5 Å². The second kappa shape index (κ2) is 7.30. The molecule has 1 aliphatic heterocycles. The maximum Gasteiger partial charge on any atom is 0.327 e. The molecule has 3 N–H and O–H groups in total. The van der Waals surface area contributed by atoms with Gasteiger partial charge in [-0.15, -0.1) is 0 Å². The summed E-state index contributed by atoms with van der Waals surface area (Å²) in [5.41, 5.74) is -1.19. The van der Waals surface area contributed by atoms with Crippen LogP contribution in [0.25, 0.3) is 0 Å². The van der Waals surface area contributed by atoms with Crippen molar-refractivity contribution in [1.29, 1.82) is 0 Å². The zero-order chi connectivity index (χ0) is 19.9. The van der Waals surface area contributed by atoms with Gasteiger partial charge in [0.2, 0.25) is 5.91 Å². The molecule has 156 valence electrons. The van der Waals surface area contributed by atoms with Crippen LogP contribution >= 0.6 is 0 Å². The van der Waals surface area contributed by atoms with Gasteiger partial charge >= 0.3 is 11.9 Å². The number of rotatable bonds is 6. The predicted octanol–water partition coefficient (Wildman–Crippen LogP) is 0.221. The van der Waals surface area contributed by atoms with E-state index in [1.165, 1.54) is 7.11 Å². The molecule has 5 aliphatic rings. The average molecular weight is 393 g/mol. The first-order valence-electron chi connectivity index (χ1n) is 10.4. The number of amides is 1. The number of aliphatic carboxylic acids is 1. The molecule has 0 aromatic carbocycles. The smallest absolute Gasteiger partial charge is 0.327 e. The van der Waals surface area contributed by atoms with Gasteiger partial charge in [0, 0.05) is 32.7 Å². The minimum absolute atomic E-state index is 0.183. The third-order valence-electron chi connectivity index (χ3n) is 7.41. The number of esters is 1. The summed E-state index contributed by atoms with van der Waals surface area (Å²) in [4.78, 5) is 39.8. The van der Waals surface area contributed by atoms with E-state index in [2.05, 4.69) is 15.5 Å². The second-order valence-corrected chi connectivity index (χ2v) is 9.43. The van der Waals surface area contributed by atoms with Crippen LogP contribution in [0.2, 0.25) is 0 Å². The van der Waals surface area contributed by atoms with Crippen molar-refractivity contribution in [1.82, 2.24) is 15.5 Å². The highest BCUT2D eigenvalue weighted by Crippen LogP contribution is 2.65. The van der Waals surface area contributed by atoms with Crippen molar-refractivity contribution in [3.05, 3.63) is 0 Å². The van der Waals surface area contributed by atoms with Crippen LogP contribution in [0.4, 0.5) is 0 Å². The normalized spacial score (nSPS) is 38.0. The van der Waals surface area contributed by atoms with Gasteiger partial charge in [-0.25, -0.2) is 4.79 Å². The van der Waals surface area contributed by atoms with E-state index in [0.29, 0.717) is 24.8 Å². The quantitative estimate of drug-likeness (QED) is 0.554. The summed E-state index contributed by atoms with van der Waals surface area (Å²) in [5.74, 6) is -0.684. The van der Waals surface area contributed by atoms with E-state index in [1.807, 2.05) is 0 Å². The van der Waals surface area contributed by atoms with Gasteiger partial charge in [0.15, 0.2) is 0 Å². The lowest BCUT2D eigenvalue weighted by atomic mass is 9.44. The van der Waals surface area contributed by atoms with Crippen LogP contribution in [0, 0.1) is 22.7 Å². The number of carbonyl (C=O) groups is 3. The van der Waals surface area contributed by atoms with E-state index in [4.69, 9.17) is 4.74 Å². The molecule has 1 amide bonds. The van der Waals surface area contributed by atoms with Crippen molar-refractivity contribution < 1.29 is 24.2 Å². The van der Waals surface area contributed by atoms with Crippen LogP contribution in [0.5, 0.6) is 0 Å². The first-order valence-corrected chi connectivity index (χ1v) is 10.4. The maximum absolute atomic E-state index is 13.3. The van der Waals surface area contributed by atoms with E-state index >= 15 is 0 Å². The molecule has 1 saturated heterocycles. The molecule has 3 unspecified atom stereocenters. The number of carbonyl (C=O) groups excluding carboxylic acids is 2. The van der Waals surface area contributed by atoms with Crippen LogP contribution in [0.1, 0.15) is 38.5 Å². The third-order valence-corrected chi connectivity index (χ3v) is 7.41. The molecule has 4 bridgehead atoms. The van der Waals surface area contributed by atoms with E-state index in [1.54, 1.807) is 0 Å². The van der Waals surface area contributed by atoms with Crippen molar-refractivity contribution in [2.75, 3.05) is 39.8 Å². The minimum Gasteiger partial charge on any atom is -0.480 e. The molecule has 8 nitrogen and oxygen atoms in total. The van der Waals surface area contributed by atoms with E-state index < -0.39 is 22.8 Å². The number of ether oxygens (including phenoxy) is 1. The van der Waals surface area contributed by atoms with Crippen molar-refractivity contribution >= 4 is 17.8 Å². The molecule has 0 aromatic heterocycles. The number of methoxy groups -OCH3 is 1. The molecule has 5 rings (SSSR count). The fourth-order valence-corrected chi connectivity index (χ4v) is 6.63. The van der Waals surface area contributed by atoms with Gasteiger partial charge < -0.3 is 20.5 Å². The predicted molar refractivity (Wildman–Crippen MR) is 100 cm³/mol. The van der Waals surface area contributed by atoms with E-state index in [-0.39, 0.29) is 11.9 Å². The lowest BCUT2D eigenvalue weighted by Gasteiger charge is -2.59. The highest BCUT2D eigenvalue weighted by atomic mass is 16.5. The highest BCUT2D eigenvalue weighted by molar-refractivity contribution is 5.89. The molecule has 4 aliphatic carbocycles. The third kappa shape index (κ3) is 3.41. The van der Waals surface area contributed by atoms with Crippen molar-refractivity contribution in [3.63, 3.8) is 0 Å². The number of hydrogen-bond donors (Lipinski definition) is 3. The molecular weight excluding hydrogens is 362 g/mol. The molecule has 0 spiro atoms. The average Bonchev–Trinajstić information content (AvgIpc) is 2.66. The Labute approximate surface area is 165 Å². The van der Waals surface area contributed by atoms with Gasteiger partial charge in [0.1, 0.15) is 6.04 Å². The Hall–Kier alpha value is -1.67. The Morgan fingerprint density at radius 2 is 1.75 bits per heavy atom. The minimum atomic E-state index is -1.00. The highest BCUT2D eigenvalue weighted by Gasteiger charge is 2.63. The Balaban J connectivity index is 1.50. The maximum atomic E-state index is 13.3. The van der Waals surface area contributed by atoms with Crippen LogP contribution in [-0.4, -0.2) is 73.7 Å². The molecule has 1 heterocycles. The van der Waals surface area contributed by atoms with Crippen molar-refractivity contribution in [2.24, 2.45) is 22.7 Å². The number of nitrogens with zero attached hydrogens (tertiary/aromatic N) is 1. The van der Waals surface area contributed by atoms with Crippen molar-refractivity contribution in [2.45, 2.75) is 44.6 Å². The Kier molecular flexibility index (Phi) is 5.12. The number of carboxylic acids is 1. The number of hydrogen-bond acceptors (Lipinski definition) is 6. The van der Waals surface area contributed by atoms with Gasteiger partial charge in [-0.2, -0.15) is 0 Å². The first-order chi connectivity index (χ1) is 13.4. The molecule has 4 saturated carbocycles. The number of nitrogens with one attached hydrogen (secondary N) is 2. The second-order valence-electron chi connectivity index (χ2n) is 9.43. The van der Waals surface area contributed by atoms with Gasteiger partial charge in [-0.05, 0) is 50.4 Å². The zero-order valence-corrected chi connectivity index (χ0v) is 16.5. The standard InChI is InChI=1S/C20H31N3O5/c1-28-18(27)20-9-13-6-14(10-20)8-19(7-13,12-20)17(26)22-15(16(24)25)11-23-4-2-21-3-5-23/h13-15,21H,2-12H2,1H3,(H,22,26)(H,24,25). The summed E-state index contributed by atoms with van der Waals surface area (Å²) in [6, 6.07) is -0.923. The summed E-state index contributed by atoms with van der Waals surface area (Å²) >= 11 is 0. The van der Waals surface area contributed by atoms with Crippen LogP contribution in [0.3, 0.4) is 0 Å². The SMILES string of the molecule is COC(=O)C12CC3CC(CC(C(=O)NC(CN4CCNCC4)C(=O)O)(C3)C1)C2. The topological polar surface area (TPSA) is 108 Å². The molecule has 5 fully saturated rings. The summed E-state index contributed by atoms with van der Waals surface area (Å²) in [7, 11) is 1.42. The monoisotopic (exact) mass is 393 g/mol. The van der Waals surface area contributed by atoms with E-state index in [0.717, 1.165) is 58.3 Å². The zero-order valence-electron chi connectivity index (χ0n) is 16.5. The van der Waals surface area contributed by atoms with Gasteiger partial charge in [0.05, 0.1) is 17.9 Å². The number of piperazine rings is 1. The fourth-order valence-electron chi connectivity index (χ4n) is 6.63. The summed E-state index contributed by atoms with van der Waals surface area (Å²) in [5, 5.41) is 15.8. The molecular formula is C20H31N3O5. The Morgan fingerprint density at radius 1 is 1.14 bits per heavy atom. The molecule has 8 heteroatoms. The van der Waals surface area contributed by atoms with Crippen LogP contribution < -0.4 is 10.6 Å². The van der Waals surface area contributed by atoms with Gasteiger partial charge in [-0.3, -0.25) is 14.5 Å². The van der Waals surface area contributed by atoms with Crippen molar-refractivity contribution in [3.8, 4) is 0 Å². The summed E-state index contributed by atoms with van der Waals surface area (Å²) in [6.07, 6.45) is 4.67. The van der Waals surface area contributed by atoms with Crippen LogP contribution in [-0.2, 0) is 19.1 Å². The van der Waals surface area contributed by atoms with Gasteiger partial charge in [0.25, 0.3) is 0 Å². The first kappa shape index (κ1) is 19.6. The lowest BCUT2D eigenvalue weighted by molar-refractivity contribution is -0.182. The van der Waals surface area contributed by atoms with Crippen LogP contribution in [0.15, 0.2) is 0 Å². The molecule has 0 radical (unpaired) electrons. The largest absolute Gasteiger partial charge is 0.480 e. The molecule has 3 atom stereocenters. The fraction of sp³-hybridized carbons (Fsp3) is 0.850. The molecule has 0 aromatic rings. The Morgan fingerprint density at radius 3 is 2.32 bits per heavy atom.